The van der Waals surface area contributed by atoms with E-state index in [1.54, 1.807) is 24.4 Å². The quantitative estimate of drug-likeness (QED) is 0.757. The molecule has 1 amide bonds. The number of rotatable bonds is 6. The highest BCUT2D eigenvalue weighted by molar-refractivity contribution is 5.94. The van der Waals surface area contributed by atoms with Crippen LogP contribution in [0.15, 0.2) is 31.0 Å². The van der Waals surface area contributed by atoms with E-state index in [9.17, 15) is 4.79 Å². The fourth-order valence-electron chi connectivity index (χ4n) is 1.51. The molecule has 0 radical (unpaired) electrons. The summed E-state index contributed by atoms with van der Waals surface area (Å²) in [5.41, 5.74) is 0.510. The van der Waals surface area contributed by atoms with Gasteiger partial charge >= 0.3 is 0 Å². The molecule has 0 fully saturated rings. The molecule has 1 aromatic heterocycles. The molecule has 0 aliphatic heterocycles. The monoisotopic (exact) mass is 249 g/mol. The summed E-state index contributed by atoms with van der Waals surface area (Å²) in [6.07, 6.45) is 3.18. The Morgan fingerprint density at radius 1 is 1.50 bits per heavy atom. The standard InChI is InChI=1S/C13H19N3O2/c1-4-7-16(8-9-17)13(18)11-5-6-12(14-10-11)15(2)3/h4-6,10,17H,1,7-9H2,2-3H3. The highest BCUT2D eigenvalue weighted by atomic mass is 16.3. The summed E-state index contributed by atoms with van der Waals surface area (Å²) in [6.45, 7) is 4.24. The van der Waals surface area contributed by atoms with Crippen molar-refractivity contribution in [1.82, 2.24) is 9.88 Å². The number of pyridine rings is 1. The first-order chi connectivity index (χ1) is 8.60. The molecule has 1 aromatic rings. The summed E-state index contributed by atoms with van der Waals surface area (Å²) in [5.74, 6) is 0.644. The zero-order valence-electron chi connectivity index (χ0n) is 10.8. The Morgan fingerprint density at radius 2 is 2.22 bits per heavy atom. The number of amides is 1. The summed E-state index contributed by atoms with van der Waals surface area (Å²) in [6, 6.07) is 3.52. The van der Waals surface area contributed by atoms with Crippen LogP contribution in [-0.4, -0.2) is 54.7 Å². The molecule has 0 unspecified atom stereocenters. The van der Waals surface area contributed by atoms with Crippen molar-refractivity contribution in [3.63, 3.8) is 0 Å². The van der Waals surface area contributed by atoms with Gasteiger partial charge in [-0.2, -0.15) is 0 Å². The first-order valence-corrected chi connectivity index (χ1v) is 5.74. The molecule has 0 atom stereocenters. The van der Waals surface area contributed by atoms with Gasteiger partial charge in [-0.15, -0.1) is 6.58 Å². The fourth-order valence-corrected chi connectivity index (χ4v) is 1.51. The molecule has 1 N–H and O–H groups in total. The summed E-state index contributed by atoms with van der Waals surface area (Å²) in [7, 11) is 3.78. The van der Waals surface area contributed by atoms with Crippen LogP contribution in [-0.2, 0) is 0 Å². The van der Waals surface area contributed by atoms with Gasteiger partial charge in [-0.1, -0.05) is 6.08 Å². The zero-order valence-corrected chi connectivity index (χ0v) is 10.8. The summed E-state index contributed by atoms with van der Waals surface area (Å²) in [4.78, 5) is 19.7. The maximum absolute atomic E-state index is 12.1. The predicted molar refractivity (Wildman–Crippen MR) is 71.8 cm³/mol. The van der Waals surface area contributed by atoms with Gasteiger partial charge in [-0.3, -0.25) is 4.79 Å². The lowest BCUT2D eigenvalue weighted by Crippen LogP contribution is -2.33. The third-order valence-corrected chi connectivity index (χ3v) is 2.46. The van der Waals surface area contributed by atoms with Crippen LogP contribution < -0.4 is 4.90 Å². The Morgan fingerprint density at radius 3 is 2.67 bits per heavy atom. The number of nitrogens with zero attached hydrogens (tertiary/aromatic N) is 3. The normalized spacial score (nSPS) is 9.94. The molecule has 0 aliphatic carbocycles. The van der Waals surface area contributed by atoms with E-state index in [2.05, 4.69) is 11.6 Å². The van der Waals surface area contributed by atoms with Gasteiger partial charge in [0.25, 0.3) is 5.91 Å². The molecular weight excluding hydrogens is 230 g/mol. The van der Waals surface area contributed by atoms with E-state index >= 15 is 0 Å². The second-order valence-corrected chi connectivity index (χ2v) is 4.06. The Labute approximate surface area is 107 Å². The highest BCUT2D eigenvalue weighted by Crippen LogP contribution is 2.10. The summed E-state index contributed by atoms with van der Waals surface area (Å²) >= 11 is 0. The third kappa shape index (κ3) is 3.56. The molecule has 1 heterocycles. The minimum Gasteiger partial charge on any atom is -0.395 e. The van der Waals surface area contributed by atoms with Crippen LogP contribution in [0.3, 0.4) is 0 Å². The van der Waals surface area contributed by atoms with Gasteiger partial charge in [-0.25, -0.2) is 4.98 Å². The maximum atomic E-state index is 12.1. The molecule has 0 spiro atoms. The lowest BCUT2D eigenvalue weighted by Gasteiger charge is -2.20. The van der Waals surface area contributed by atoms with Crippen LogP contribution in [0.1, 0.15) is 10.4 Å². The van der Waals surface area contributed by atoms with Gasteiger partial charge in [0, 0.05) is 33.4 Å². The third-order valence-electron chi connectivity index (χ3n) is 2.46. The van der Waals surface area contributed by atoms with E-state index < -0.39 is 0 Å². The van der Waals surface area contributed by atoms with Crippen LogP contribution in [0.25, 0.3) is 0 Å². The number of aliphatic hydroxyl groups excluding tert-OH is 1. The molecule has 0 aromatic carbocycles. The van der Waals surface area contributed by atoms with Gasteiger partial charge < -0.3 is 14.9 Å². The van der Waals surface area contributed by atoms with E-state index in [1.165, 1.54) is 4.90 Å². The second kappa shape index (κ2) is 6.76. The van der Waals surface area contributed by atoms with Crippen molar-refractivity contribution in [2.24, 2.45) is 0 Å². The lowest BCUT2D eigenvalue weighted by molar-refractivity contribution is 0.0742. The Balaban J connectivity index is 2.84. The van der Waals surface area contributed by atoms with Crippen molar-refractivity contribution in [3.05, 3.63) is 36.5 Å². The van der Waals surface area contributed by atoms with Crippen LogP contribution >= 0.6 is 0 Å². The SMILES string of the molecule is C=CCN(CCO)C(=O)c1ccc(N(C)C)nc1. The highest BCUT2D eigenvalue weighted by Gasteiger charge is 2.14. The minimum atomic E-state index is -0.151. The Kier molecular flexibility index (Phi) is 5.32. The van der Waals surface area contributed by atoms with E-state index in [0.29, 0.717) is 18.7 Å². The molecular formula is C13H19N3O2. The van der Waals surface area contributed by atoms with Gasteiger partial charge in [0.1, 0.15) is 5.82 Å². The van der Waals surface area contributed by atoms with Crippen LogP contribution in [0.2, 0.25) is 0 Å². The average molecular weight is 249 g/mol. The largest absolute Gasteiger partial charge is 0.395 e. The van der Waals surface area contributed by atoms with Crippen LogP contribution in [0, 0.1) is 0 Å². The number of carbonyl (C=O) groups is 1. The molecule has 5 heteroatoms. The predicted octanol–water partition coefficient (Wildman–Crippen LogP) is 0.768. The van der Waals surface area contributed by atoms with Crippen LogP contribution in [0.4, 0.5) is 5.82 Å². The molecule has 0 aliphatic rings. The summed E-state index contributed by atoms with van der Waals surface area (Å²) in [5, 5.41) is 8.93. The number of hydrogen-bond acceptors (Lipinski definition) is 4. The maximum Gasteiger partial charge on any atom is 0.255 e. The fraction of sp³-hybridized carbons (Fsp3) is 0.385. The summed E-state index contributed by atoms with van der Waals surface area (Å²) < 4.78 is 0. The lowest BCUT2D eigenvalue weighted by atomic mass is 10.2. The molecule has 0 saturated heterocycles. The van der Waals surface area contributed by atoms with Crippen molar-refractivity contribution in [3.8, 4) is 0 Å². The van der Waals surface area contributed by atoms with Gasteiger partial charge in [0.05, 0.1) is 12.2 Å². The molecule has 18 heavy (non-hydrogen) atoms. The van der Waals surface area contributed by atoms with E-state index in [1.807, 2.05) is 19.0 Å². The van der Waals surface area contributed by atoms with Gasteiger partial charge in [0.15, 0.2) is 0 Å². The minimum absolute atomic E-state index is 0.0667. The average Bonchev–Trinajstić information content (AvgIpc) is 2.38. The van der Waals surface area contributed by atoms with Crippen molar-refractivity contribution in [1.29, 1.82) is 0 Å². The number of carbonyl (C=O) groups excluding carboxylic acids is 1. The van der Waals surface area contributed by atoms with E-state index in [-0.39, 0.29) is 12.5 Å². The van der Waals surface area contributed by atoms with Gasteiger partial charge in [0.2, 0.25) is 0 Å². The number of anilines is 1. The van der Waals surface area contributed by atoms with E-state index in [0.717, 1.165) is 5.82 Å². The number of aliphatic hydroxyl groups is 1. The number of hydrogen-bond donors (Lipinski definition) is 1. The molecule has 0 saturated carbocycles. The molecule has 5 nitrogen and oxygen atoms in total. The number of aromatic nitrogens is 1. The van der Waals surface area contributed by atoms with Crippen molar-refractivity contribution < 1.29 is 9.90 Å². The first-order valence-electron chi connectivity index (χ1n) is 5.74. The Hall–Kier alpha value is -1.88. The smallest absolute Gasteiger partial charge is 0.255 e. The van der Waals surface area contributed by atoms with Crippen molar-refractivity contribution >= 4 is 11.7 Å². The molecule has 98 valence electrons. The molecule has 1 rings (SSSR count). The second-order valence-electron chi connectivity index (χ2n) is 4.06. The first kappa shape index (κ1) is 14.2. The Bertz CT molecular complexity index is 401. The van der Waals surface area contributed by atoms with Gasteiger partial charge in [-0.05, 0) is 12.1 Å². The molecule has 0 bridgehead atoms. The zero-order chi connectivity index (χ0) is 13.5. The van der Waals surface area contributed by atoms with Crippen molar-refractivity contribution in [2.45, 2.75) is 0 Å². The van der Waals surface area contributed by atoms with Crippen molar-refractivity contribution in [2.75, 3.05) is 38.7 Å². The topological polar surface area (TPSA) is 56.7 Å². The van der Waals surface area contributed by atoms with Crippen LogP contribution in [0.5, 0.6) is 0 Å². The van der Waals surface area contributed by atoms with E-state index in [4.69, 9.17) is 5.11 Å².